The molecule has 2 rings (SSSR count). The smallest absolute Gasteiger partial charge is 0.348 e. The Bertz CT molecular complexity index is 808. The van der Waals surface area contributed by atoms with Crippen molar-refractivity contribution in [3.63, 3.8) is 0 Å². The Morgan fingerprint density at radius 2 is 2.13 bits per heavy atom. The number of hydrogen-bond donors (Lipinski definition) is 0. The van der Waals surface area contributed by atoms with Crippen LogP contribution in [0, 0.1) is 6.92 Å². The first kappa shape index (κ1) is 17.1. The van der Waals surface area contributed by atoms with Crippen LogP contribution in [-0.4, -0.2) is 34.7 Å². The lowest BCUT2D eigenvalue weighted by Crippen LogP contribution is -2.27. The highest BCUT2D eigenvalue weighted by molar-refractivity contribution is 7.20. The zero-order valence-corrected chi connectivity index (χ0v) is 14.2. The van der Waals surface area contributed by atoms with E-state index in [0.717, 1.165) is 11.3 Å². The van der Waals surface area contributed by atoms with E-state index in [-0.39, 0.29) is 18.2 Å². The minimum Gasteiger partial charge on any atom is -0.465 e. The average molecular weight is 338 g/mol. The van der Waals surface area contributed by atoms with E-state index in [0.29, 0.717) is 27.1 Å². The first-order chi connectivity index (χ1) is 10.9. The Labute approximate surface area is 136 Å². The lowest BCUT2D eigenvalue weighted by molar-refractivity contribution is -0.149. The lowest BCUT2D eigenvalue weighted by Gasteiger charge is -2.11. The maximum atomic E-state index is 12.5. The van der Waals surface area contributed by atoms with E-state index in [9.17, 15) is 14.4 Å². The molecule has 23 heavy (non-hydrogen) atoms. The summed E-state index contributed by atoms with van der Waals surface area (Å²) in [6.07, 6.45) is 1.78. The van der Waals surface area contributed by atoms with Gasteiger partial charge in [-0.3, -0.25) is 14.2 Å². The largest absolute Gasteiger partial charge is 0.465 e. The van der Waals surface area contributed by atoms with Crippen LogP contribution in [0.1, 0.15) is 35.5 Å². The SMILES string of the molecule is CC[C@@H](C)OC(=O)Cn1cnc2sc(C(=O)OC)c(C)c2c1=O. The number of fused-ring (bicyclic) bond motifs is 1. The predicted molar refractivity (Wildman–Crippen MR) is 85.8 cm³/mol. The molecular weight excluding hydrogens is 320 g/mol. The number of rotatable bonds is 5. The normalized spacial score (nSPS) is 12.2. The third kappa shape index (κ3) is 3.42. The van der Waals surface area contributed by atoms with Crippen molar-refractivity contribution in [1.29, 1.82) is 0 Å². The molecule has 124 valence electrons. The second kappa shape index (κ2) is 6.91. The standard InChI is InChI=1S/C15H18N2O5S/c1-5-8(2)22-10(18)6-17-7-16-13-11(14(17)19)9(3)12(23-13)15(20)21-4/h7-8H,5-6H2,1-4H3/t8-/m1/s1. The van der Waals surface area contributed by atoms with Crippen LogP contribution >= 0.6 is 11.3 Å². The van der Waals surface area contributed by atoms with Crippen molar-refractivity contribution in [2.24, 2.45) is 0 Å². The number of esters is 2. The van der Waals surface area contributed by atoms with Crippen molar-refractivity contribution in [3.8, 4) is 0 Å². The third-order valence-corrected chi connectivity index (χ3v) is 4.67. The van der Waals surface area contributed by atoms with E-state index < -0.39 is 11.9 Å². The Balaban J connectivity index is 2.39. The number of ether oxygens (including phenoxy) is 2. The summed E-state index contributed by atoms with van der Waals surface area (Å²) in [5.41, 5.74) is 0.138. The number of thiophene rings is 1. The summed E-state index contributed by atoms with van der Waals surface area (Å²) in [7, 11) is 1.28. The molecule has 7 nitrogen and oxygen atoms in total. The molecule has 0 aliphatic rings. The number of methoxy groups -OCH3 is 1. The molecular formula is C15H18N2O5S. The Kier molecular flexibility index (Phi) is 5.15. The van der Waals surface area contributed by atoms with Gasteiger partial charge in [-0.05, 0) is 25.8 Å². The maximum Gasteiger partial charge on any atom is 0.348 e. The molecule has 0 bridgehead atoms. The first-order valence-electron chi connectivity index (χ1n) is 7.15. The van der Waals surface area contributed by atoms with Gasteiger partial charge in [-0.25, -0.2) is 9.78 Å². The molecule has 0 amide bonds. The van der Waals surface area contributed by atoms with Gasteiger partial charge in [-0.1, -0.05) is 6.92 Å². The summed E-state index contributed by atoms with van der Waals surface area (Å²) >= 11 is 1.10. The molecule has 0 aliphatic carbocycles. The van der Waals surface area contributed by atoms with Crippen LogP contribution in [0.5, 0.6) is 0 Å². The second-order valence-electron chi connectivity index (χ2n) is 5.11. The number of aromatic nitrogens is 2. The van der Waals surface area contributed by atoms with Crippen molar-refractivity contribution in [2.75, 3.05) is 7.11 Å². The molecule has 0 unspecified atom stereocenters. The van der Waals surface area contributed by atoms with Crippen LogP contribution in [0.25, 0.3) is 10.2 Å². The fourth-order valence-corrected chi connectivity index (χ4v) is 3.10. The van der Waals surface area contributed by atoms with Gasteiger partial charge >= 0.3 is 11.9 Å². The minimum atomic E-state index is -0.507. The summed E-state index contributed by atoms with van der Waals surface area (Å²) in [4.78, 5) is 41.0. The number of hydrogen-bond acceptors (Lipinski definition) is 7. The molecule has 8 heteroatoms. The van der Waals surface area contributed by atoms with Crippen LogP contribution < -0.4 is 5.56 Å². The highest BCUT2D eigenvalue weighted by Crippen LogP contribution is 2.27. The summed E-state index contributed by atoms with van der Waals surface area (Å²) < 4.78 is 11.1. The highest BCUT2D eigenvalue weighted by Gasteiger charge is 2.20. The average Bonchev–Trinajstić information content (AvgIpc) is 2.86. The van der Waals surface area contributed by atoms with E-state index in [4.69, 9.17) is 9.47 Å². The molecule has 0 fully saturated rings. The molecule has 2 aromatic heterocycles. The van der Waals surface area contributed by atoms with Crippen LogP contribution in [0.4, 0.5) is 0 Å². The van der Waals surface area contributed by atoms with Crippen molar-refractivity contribution in [2.45, 2.75) is 39.8 Å². The number of aryl methyl sites for hydroxylation is 1. The second-order valence-corrected chi connectivity index (χ2v) is 6.11. The molecule has 0 spiro atoms. The monoisotopic (exact) mass is 338 g/mol. The van der Waals surface area contributed by atoms with Crippen LogP contribution in [0.15, 0.2) is 11.1 Å². The van der Waals surface area contributed by atoms with E-state index in [1.165, 1.54) is 18.0 Å². The van der Waals surface area contributed by atoms with Gasteiger partial charge in [-0.15, -0.1) is 11.3 Å². The minimum absolute atomic E-state index is 0.205. The van der Waals surface area contributed by atoms with Crippen molar-refractivity contribution >= 4 is 33.5 Å². The van der Waals surface area contributed by atoms with Crippen molar-refractivity contribution in [3.05, 3.63) is 27.1 Å². The molecule has 2 aromatic rings. The summed E-state index contributed by atoms with van der Waals surface area (Å²) in [5, 5.41) is 0.328. The van der Waals surface area contributed by atoms with Gasteiger partial charge in [-0.2, -0.15) is 0 Å². The highest BCUT2D eigenvalue weighted by atomic mass is 32.1. The van der Waals surface area contributed by atoms with E-state index in [1.807, 2.05) is 6.92 Å². The van der Waals surface area contributed by atoms with E-state index in [1.54, 1.807) is 13.8 Å². The van der Waals surface area contributed by atoms with Crippen LogP contribution in [0.2, 0.25) is 0 Å². The maximum absolute atomic E-state index is 12.5. The third-order valence-electron chi connectivity index (χ3n) is 3.50. The van der Waals surface area contributed by atoms with Gasteiger partial charge < -0.3 is 9.47 Å². The van der Waals surface area contributed by atoms with Crippen molar-refractivity contribution < 1.29 is 19.1 Å². The van der Waals surface area contributed by atoms with Gasteiger partial charge in [0.1, 0.15) is 16.3 Å². The number of carbonyl (C=O) groups is 2. The molecule has 0 aliphatic heterocycles. The van der Waals surface area contributed by atoms with Gasteiger partial charge in [0.15, 0.2) is 0 Å². The van der Waals surface area contributed by atoms with E-state index in [2.05, 4.69) is 4.98 Å². The Hall–Kier alpha value is -2.22. The predicted octanol–water partition coefficient (Wildman–Crippen LogP) is 1.89. The zero-order valence-electron chi connectivity index (χ0n) is 13.4. The molecule has 0 aromatic carbocycles. The van der Waals surface area contributed by atoms with Gasteiger partial charge in [0, 0.05) is 0 Å². The number of carbonyl (C=O) groups excluding carboxylic acids is 2. The summed E-state index contributed by atoms with van der Waals surface area (Å²) in [6, 6.07) is 0. The molecule has 0 saturated heterocycles. The quantitative estimate of drug-likeness (QED) is 0.774. The zero-order chi connectivity index (χ0) is 17.1. The number of nitrogens with zero attached hydrogens (tertiary/aromatic N) is 2. The fraction of sp³-hybridized carbons (Fsp3) is 0.467. The van der Waals surface area contributed by atoms with Gasteiger partial charge in [0.2, 0.25) is 0 Å². The molecule has 2 heterocycles. The van der Waals surface area contributed by atoms with Crippen LogP contribution in [-0.2, 0) is 20.8 Å². The molecule has 1 atom stereocenters. The molecule has 0 N–H and O–H groups in total. The molecule has 0 radical (unpaired) electrons. The summed E-state index contributed by atoms with van der Waals surface area (Å²) in [6.45, 7) is 5.14. The van der Waals surface area contributed by atoms with Crippen molar-refractivity contribution in [1.82, 2.24) is 9.55 Å². The van der Waals surface area contributed by atoms with Gasteiger partial charge in [0.25, 0.3) is 5.56 Å². The van der Waals surface area contributed by atoms with Gasteiger partial charge in [0.05, 0.1) is 24.9 Å². The fourth-order valence-electron chi connectivity index (χ4n) is 2.04. The lowest BCUT2D eigenvalue weighted by atomic mass is 10.2. The summed E-state index contributed by atoms with van der Waals surface area (Å²) in [5.74, 6) is -1.00. The first-order valence-corrected chi connectivity index (χ1v) is 7.97. The topological polar surface area (TPSA) is 87.5 Å². The molecule has 0 saturated carbocycles. The van der Waals surface area contributed by atoms with E-state index >= 15 is 0 Å². The Morgan fingerprint density at radius 1 is 1.43 bits per heavy atom. The Morgan fingerprint density at radius 3 is 2.74 bits per heavy atom. The van der Waals surface area contributed by atoms with Crippen LogP contribution in [0.3, 0.4) is 0 Å².